The van der Waals surface area contributed by atoms with E-state index in [9.17, 15) is 9.59 Å². The van der Waals surface area contributed by atoms with Crippen molar-refractivity contribution in [2.75, 3.05) is 6.54 Å². The molecule has 0 spiro atoms. The van der Waals surface area contributed by atoms with Crippen molar-refractivity contribution in [1.29, 1.82) is 0 Å². The lowest BCUT2D eigenvalue weighted by Gasteiger charge is -2.03. The van der Waals surface area contributed by atoms with Gasteiger partial charge in [-0.05, 0) is 31.4 Å². The number of hydrogen-bond donors (Lipinski definition) is 2. The van der Waals surface area contributed by atoms with Crippen LogP contribution in [0.15, 0.2) is 36.5 Å². The molecule has 0 aromatic carbocycles. The molecule has 0 aliphatic heterocycles. The largest absolute Gasteiger partial charge is 0.389 e. The van der Waals surface area contributed by atoms with Crippen LogP contribution in [0.3, 0.4) is 0 Å². The van der Waals surface area contributed by atoms with Crippen LogP contribution < -0.4 is 5.32 Å². The predicted molar refractivity (Wildman–Crippen MR) is 81.2 cm³/mol. The van der Waals surface area contributed by atoms with E-state index in [4.69, 9.17) is 5.11 Å². The number of ketones is 1. The molecule has 0 aliphatic carbocycles. The standard InChI is InChI=1S/C16H25NO3/c1-13(2)12-17-16(20)11-7-6-10-15(19)9-5-4-8-14(3)18/h4-5,7-9,11,13-14,18H,6,10,12H2,1-3H3,(H,17,20). The summed E-state index contributed by atoms with van der Waals surface area (Å²) >= 11 is 0. The molecular weight excluding hydrogens is 254 g/mol. The Hall–Kier alpha value is -1.68. The fraction of sp³-hybridized carbons (Fsp3) is 0.500. The molecule has 0 aromatic rings. The molecule has 0 fully saturated rings. The number of nitrogens with one attached hydrogen (secondary N) is 1. The number of rotatable bonds is 9. The number of hydrogen-bond acceptors (Lipinski definition) is 3. The Balaban J connectivity index is 3.83. The van der Waals surface area contributed by atoms with E-state index >= 15 is 0 Å². The molecule has 0 heterocycles. The molecule has 112 valence electrons. The number of aliphatic hydroxyl groups is 1. The van der Waals surface area contributed by atoms with Crippen LogP contribution in [-0.4, -0.2) is 29.4 Å². The van der Waals surface area contributed by atoms with Gasteiger partial charge in [0.05, 0.1) is 6.10 Å². The van der Waals surface area contributed by atoms with Crippen molar-refractivity contribution in [3.63, 3.8) is 0 Å². The van der Waals surface area contributed by atoms with Crippen molar-refractivity contribution in [3.05, 3.63) is 36.5 Å². The predicted octanol–water partition coefficient (Wildman–Crippen LogP) is 2.16. The van der Waals surface area contributed by atoms with E-state index in [1.807, 2.05) is 13.8 Å². The molecule has 0 rings (SSSR count). The van der Waals surface area contributed by atoms with E-state index < -0.39 is 6.10 Å². The number of amides is 1. The lowest BCUT2D eigenvalue weighted by molar-refractivity contribution is -0.117. The van der Waals surface area contributed by atoms with Crippen LogP contribution in [0.1, 0.15) is 33.6 Å². The Morgan fingerprint density at radius 2 is 1.85 bits per heavy atom. The van der Waals surface area contributed by atoms with Crippen LogP contribution >= 0.6 is 0 Å². The highest BCUT2D eigenvalue weighted by molar-refractivity contribution is 5.90. The Morgan fingerprint density at radius 1 is 1.15 bits per heavy atom. The van der Waals surface area contributed by atoms with Gasteiger partial charge in [0.25, 0.3) is 0 Å². The van der Waals surface area contributed by atoms with Gasteiger partial charge in [-0.2, -0.15) is 0 Å². The maximum absolute atomic E-state index is 11.4. The first kappa shape index (κ1) is 18.3. The summed E-state index contributed by atoms with van der Waals surface area (Å²) in [4.78, 5) is 22.8. The minimum Gasteiger partial charge on any atom is -0.389 e. The van der Waals surface area contributed by atoms with Crippen LogP contribution in [0.5, 0.6) is 0 Å². The van der Waals surface area contributed by atoms with Gasteiger partial charge in [0.1, 0.15) is 0 Å². The zero-order valence-electron chi connectivity index (χ0n) is 12.5. The summed E-state index contributed by atoms with van der Waals surface area (Å²) in [6.45, 7) is 6.35. The van der Waals surface area contributed by atoms with Gasteiger partial charge in [0.2, 0.25) is 5.91 Å². The third-order valence-electron chi connectivity index (χ3n) is 2.29. The van der Waals surface area contributed by atoms with E-state index in [1.54, 1.807) is 31.2 Å². The van der Waals surface area contributed by atoms with Gasteiger partial charge in [-0.15, -0.1) is 0 Å². The Kier molecular flexibility index (Phi) is 10.2. The van der Waals surface area contributed by atoms with Crippen molar-refractivity contribution in [2.24, 2.45) is 5.92 Å². The van der Waals surface area contributed by atoms with Crippen molar-refractivity contribution < 1.29 is 14.7 Å². The van der Waals surface area contributed by atoms with Crippen LogP contribution in [-0.2, 0) is 9.59 Å². The topological polar surface area (TPSA) is 66.4 Å². The molecule has 0 bridgehead atoms. The molecule has 1 atom stereocenters. The van der Waals surface area contributed by atoms with E-state index in [1.165, 1.54) is 12.2 Å². The summed E-state index contributed by atoms with van der Waals surface area (Å²) in [5.41, 5.74) is 0. The highest BCUT2D eigenvalue weighted by Crippen LogP contribution is 1.95. The Labute approximate surface area is 121 Å². The molecule has 1 unspecified atom stereocenters. The summed E-state index contributed by atoms with van der Waals surface area (Å²) in [7, 11) is 0. The molecule has 2 N–H and O–H groups in total. The van der Waals surface area contributed by atoms with Crippen LogP contribution in [0, 0.1) is 5.92 Å². The average molecular weight is 279 g/mol. The van der Waals surface area contributed by atoms with E-state index in [2.05, 4.69) is 5.32 Å². The second-order valence-electron chi connectivity index (χ2n) is 5.03. The smallest absolute Gasteiger partial charge is 0.243 e. The summed E-state index contributed by atoms with van der Waals surface area (Å²) in [6.07, 6.45) is 9.85. The van der Waals surface area contributed by atoms with Gasteiger partial charge in [-0.25, -0.2) is 0 Å². The molecule has 0 aliphatic rings. The first-order valence-electron chi connectivity index (χ1n) is 6.92. The van der Waals surface area contributed by atoms with E-state index in [0.29, 0.717) is 25.3 Å². The highest BCUT2D eigenvalue weighted by Gasteiger charge is 1.97. The van der Waals surface area contributed by atoms with Crippen LogP contribution in [0.4, 0.5) is 0 Å². The summed E-state index contributed by atoms with van der Waals surface area (Å²) in [5.74, 6) is 0.294. The van der Waals surface area contributed by atoms with E-state index in [-0.39, 0.29) is 11.7 Å². The van der Waals surface area contributed by atoms with Crippen molar-refractivity contribution >= 4 is 11.7 Å². The van der Waals surface area contributed by atoms with Gasteiger partial charge in [-0.3, -0.25) is 9.59 Å². The number of carbonyl (C=O) groups excluding carboxylic acids is 2. The number of carbonyl (C=O) groups is 2. The van der Waals surface area contributed by atoms with Gasteiger partial charge >= 0.3 is 0 Å². The average Bonchev–Trinajstić information content (AvgIpc) is 2.37. The first-order chi connectivity index (χ1) is 9.41. The first-order valence-corrected chi connectivity index (χ1v) is 6.92. The third-order valence-corrected chi connectivity index (χ3v) is 2.29. The molecule has 0 aromatic heterocycles. The lowest BCUT2D eigenvalue weighted by atomic mass is 10.2. The number of allylic oxidation sites excluding steroid dienone is 4. The van der Waals surface area contributed by atoms with Gasteiger partial charge in [-0.1, -0.05) is 38.2 Å². The maximum Gasteiger partial charge on any atom is 0.243 e. The Morgan fingerprint density at radius 3 is 2.45 bits per heavy atom. The van der Waals surface area contributed by atoms with Crippen LogP contribution in [0.2, 0.25) is 0 Å². The quantitative estimate of drug-likeness (QED) is 0.502. The molecule has 0 saturated heterocycles. The van der Waals surface area contributed by atoms with Crippen molar-refractivity contribution in [1.82, 2.24) is 5.32 Å². The molecule has 4 heteroatoms. The molecule has 0 saturated carbocycles. The minimum absolute atomic E-state index is 0.00696. The minimum atomic E-state index is -0.512. The normalized spacial score (nSPS) is 13.7. The highest BCUT2D eigenvalue weighted by atomic mass is 16.3. The summed E-state index contributed by atoms with van der Waals surface area (Å²) < 4.78 is 0. The molecular formula is C16H25NO3. The zero-order valence-corrected chi connectivity index (χ0v) is 12.5. The monoisotopic (exact) mass is 279 g/mol. The fourth-order valence-electron chi connectivity index (χ4n) is 1.25. The maximum atomic E-state index is 11.4. The molecule has 1 amide bonds. The van der Waals surface area contributed by atoms with Crippen molar-refractivity contribution in [3.8, 4) is 0 Å². The Bertz CT molecular complexity index is 379. The summed E-state index contributed by atoms with van der Waals surface area (Å²) in [5, 5.41) is 11.7. The van der Waals surface area contributed by atoms with E-state index in [0.717, 1.165) is 0 Å². The SMILES string of the molecule is CC(O)C=CC=CC(=O)CCC=CC(=O)NCC(C)C. The van der Waals surface area contributed by atoms with Gasteiger partial charge in [0, 0.05) is 13.0 Å². The zero-order chi connectivity index (χ0) is 15.4. The number of aliphatic hydroxyl groups excluding tert-OH is 1. The second kappa shape index (κ2) is 11.2. The van der Waals surface area contributed by atoms with Crippen LogP contribution in [0.25, 0.3) is 0 Å². The molecule has 20 heavy (non-hydrogen) atoms. The van der Waals surface area contributed by atoms with Crippen molar-refractivity contribution in [2.45, 2.75) is 39.7 Å². The molecule has 0 radical (unpaired) electrons. The fourth-order valence-corrected chi connectivity index (χ4v) is 1.25. The van der Waals surface area contributed by atoms with Gasteiger partial charge < -0.3 is 10.4 Å². The molecule has 4 nitrogen and oxygen atoms in total. The third kappa shape index (κ3) is 12.8. The summed E-state index contributed by atoms with van der Waals surface area (Å²) in [6, 6.07) is 0. The van der Waals surface area contributed by atoms with Gasteiger partial charge in [0.15, 0.2) is 5.78 Å². The second-order valence-corrected chi connectivity index (χ2v) is 5.03. The lowest BCUT2D eigenvalue weighted by Crippen LogP contribution is -2.25.